The van der Waals surface area contributed by atoms with Crippen LogP contribution >= 0.6 is 0 Å². The SMILES string of the molecule is CC(=O)[C@@H](C)Oc1cc(O[C@H](C)C(C)=O)c2c(=O)c3ccccc3oc2c1. The van der Waals surface area contributed by atoms with Crippen molar-refractivity contribution in [3.05, 3.63) is 46.6 Å². The highest BCUT2D eigenvalue weighted by Gasteiger charge is 2.19. The van der Waals surface area contributed by atoms with Crippen LogP contribution in [0.15, 0.2) is 45.6 Å². The van der Waals surface area contributed by atoms with Crippen LogP contribution in [-0.4, -0.2) is 23.8 Å². The predicted molar refractivity (Wildman–Crippen MR) is 102 cm³/mol. The second-order valence-corrected chi connectivity index (χ2v) is 6.46. The number of hydrogen-bond donors (Lipinski definition) is 0. The van der Waals surface area contributed by atoms with Gasteiger partial charge in [0.15, 0.2) is 23.8 Å². The molecule has 2 aromatic carbocycles. The Morgan fingerprint density at radius 1 is 0.926 bits per heavy atom. The average Bonchev–Trinajstić information content (AvgIpc) is 2.61. The molecule has 0 aliphatic rings. The molecular formula is C21H20O6. The van der Waals surface area contributed by atoms with E-state index in [1.807, 2.05) is 0 Å². The first-order valence-electron chi connectivity index (χ1n) is 8.61. The number of rotatable bonds is 6. The van der Waals surface area contributed by atoms with Crippen LogP contribution in [-0.2, 0) is 9.59 Å². The number of carbonyl (C=O) groups excluding carboxylic acids is 2. The lowest BCUT2D eigenvalue weighted by atomic mass is 10.1. The molecule has 0 saturated carbocycles. The van der Waals surface area contributed by atoms with Gasteiger partial charge in [-0.1, -0.05) is 12.1 Å². The number of fused-ring (bicyclic) bond motifs is 2. The van der Waals surface area contributed by atoms with Crippen molar-refractivity contribution < 1.29 is 23.5 Å². The van der Waals surface area contributed by atoms with E-state index < -0.39 is 12.2 Å². The van der Waals surface area contributed by atoms with Gasteiger partial charge < -0.3 is 13.9 Å². The first kappa shape index (κ1) is 18.6. The minimum absolute atomic E-state index is 0.144. The monoisotopic (exact) mass is 368 g/mol. The van der Waals surface area contributed by atoms with Crippen molar-refractivity contribution in [2.45, 2.75) is 39.9 Å². The van der Waals surface area contributed by atoms with Gasteiger partial charge >= 0.3 is 0 Å². The Morgan fingerprint density at radius 3 is 2.22 bits per heavy atom. The summed E-state index contributed by atoms with van der Waals surface area (Å²) in [5.41, 5.74) is 0.429. The van der Waals surface area contributed by atoms with E-state index in [9.17, 15) is 14.4 Å². The van der Waals surface area contributed by atoms with Gasteiger partial charge in [-0.2, -0.15) is 0 Å². The van der Waals surface area contributed by atoms with Gasteiger partial charge in [-0.3, -0.25) is 14.4 Å². The lowest BCUT2D eigenvalue weighted by Crippen LogP contribution is -2.22. The second-order valence-electron chi connectivity index (χ2n) is 6.46. The van der Waals surface area contributed by atoms with Crippen molar-refractivity contribution in [3.8, 4) is 11.5 Å². The first-order chi connectivity index (χ1) is 12.8. The fourth-order valence-corrected chi connectivity index (χ4v) is 2.59. The molecule has 0 saturated heterocycles. The topological polar surface area (TPSA) is 82.8 Å². The zero-order chi connectivity index (χ0) is 19.7. The molecule has 0 fully saturated rings. The van der Waals surface area contributed by atoms with E-state index in [4.69, 9.17) is 13.9 Å². The molecular weight excluding hydrogens is 348 g/mol. The van der Waals surface area contributed by atoms with Gasteiger partial charge in [0.1, 0.15) is 28.1 Å². The van der Waals surface area contributed by atoms with Crippen molar-refractivity contribution in [1.82, 2.24) is 0 Å². The third-order valence-corrected chi connectivity index (χ3v) is 4.38. The molecule has 0 N–H and O–H groups in total. The van der Waals surface area contributed by atoms with Gasteiger partial charge in [-0.25, -0.2) is 0 Å². The van der Waals surface area contributed by atoms with Crippen LogP contribution in [0.3, 0.4) is 0 Å². The molecule has 3 rings (SSSR count). The van der Waals surface area contributed by atoms with Gasteiger partial charge in [-0.05, 0) is 39.8 Å². The summed E-state index contributed by atoms with van der Waals surface area (Å²) in [6.45, 7) is 6.06. The first-order valence-corrected chi connectivity index (χ1v) is 8.61. The second kappa shape index (κ2) is 7.23. The molecule has 0 bridgehead atoms. The highest BCUT2D eigenvalue weighted by atomic mass is 16.5. The number of ketones is 2. The summed E-state index contributed by atoms with van der Waals surface area (Å²) in [6.07, 6.45) is -1.42. The minimum Gasteiger partial charge on any atom is -0.483 e. The van der Waals surface area contributed by atoms with E-state index in [2.05, 4.69) is 0 Å². The van der Waals surface area contributed by atoms with Crippen LogP contribution in [0.4, 0.5) is 0 Å². The van der Waals surface area contributed by atoms with Crippen LogP contribution in [0.25, 0.3) is 21.9 Å². The normalized spacial score (nSPS) is 13.3. The Kier molecular flexibility index (Phi) is 4.99. The standard InChI is InChI=1S/C21H20O6/c1-11(22)13(3)25-15-9-18(26-14(4)12(2)23)20-19(10-15)27-17-8-6-5-7-16(17)21(20)24/h5-10,13-14H,1-4H3/t13-,14-/m1/s1. The van der Waals surface area contributed by atoms with Gasteiger partial charge in [0.25, 0.3) is 0 Å². The molecule has 1 aromatic heterocycles. The number of Topliss-reactive ketones (excluding diaryl/α,β-unsaturated/α-hetero) is 2. The molecule has 27 heavy (non-hydrogen) atoms. The maximum absolute atomic E-state index is 13.0. The maximum Gasteiger partial charge on any atom is 0.204 e. The van der Waals surface area contributed by atoms with Gasteiger partial charge in [-0.15, -0.1) is 0 Å². The van der Waals surface area contributed by atoms with E-state index in [1.165, 1.54) is 19.9 Å². The Morgan fingerprint density at radius 2 is 1.56 bits per heavy atom. The summed E-state index contributed by atoms with van der Waals surface area (Å²) in [5, 5.41) is 0.640. The van der Waals surface area contributed by atoms with Crippen molar-refractivity contribution in [2.24, 2.45) is 0 Å². The Bertz CT molecular complexity index is 1090. The molecule has 2 atom stereocenters. The molecule has 0 aliphatic carbocycles. The average molecular weight is 368 g/mol. The summed E-state index contributed by atoms with van der Waals surface area (Å²) in [7, 11) is 0. The summed E-state index contributed by atoms with van der Waals surface area (Å²) in [6, 6.07) is 9.93. The number of carbonyl (C=O) groups is 2. The summed E-state index contributed by atoms with van der Waals surface area (Å²) < 4.78 is 17.2. The molecule has 140 valence electrons. The Balaban J connectivity index is 2.25. The highest BCUT2D eigenvalue weighted by Crippen LogP contribution is 2.32. The van der Waals surface area contributed by atoms with Crippen molar-refractivity contribution in [1.29, 1.82) is 0 Å². The van der Waals surface area contributed by atoms with Crippen molar-refractivity contribution >= 4 is 33.5 Å². The predicted octanol–water partition coefficient (Wildman–Crippen LogP) is 3.66. The third kappa shape index (κ3) is 3.69. The largest absolute Gasteiger partial charge is 0.483 e. The number of ether oxygens (including phenoxy) is 2. The fourth-order valence-electron chi connectivity index (χ4n) is 2.59. The molecule has 3 aromatic rings. The summed E-state index contributed by atoms with van der Waals surface area (Å²) in [5.74, 6) is 0.168. The van der Waals surface area contributed by atoms with E-state index in [-0.39, 0.29) is 33.7 Å². The lowest BCUT2D eigenvalue weighted by molar-refractivity contribution is -0.123. The van der Waals surface area contributed by atoms with E-state index in [0.29, 0.717) is 16.7 Å². The highest BCUT2D eigenvalue weighted by molar-refractivity contribution is 5.94. The maximum atomic E-state index is 13.0. The molecule has 0 unspecified atom stereocenters. The summed E-state index contributed by atoms with van der Waals surface area (Å²) in [4.78, 5) is 36.1. The van der Waals surface area contributed by atoms with Crippen LogP contribution in [0.1, 0.15) is 27.7 Å². The zero-order valence-corrected chi connectivity index (χ0v) is 15.6. The van der Waals surface area contributed by atoms with Gasteiger partial charge in [0.05, 0.1) is 5.39 Å². The van der Waals surface area contributed by atoms with E-state index >= 15 is 0 Å². The van der Waals surface area contributed by atoms with E-state index in [1.54, 1.807) is 44.2 Å². The fraction of sp³-hybridized carbons (Fsp3) is 0.286. The van der Waals surface area contributed by atoms with Gasteiger partial charge in [0.2, 0.25) is 5.43 Å². The third-order valence-electron chi connectivity index (χ3n) is 4.38. The Labute approximate surface area is 155 Å². The van der Waals surface area contributed by atoms with Crippen LogP contribution < -0.4 is 14.9 Å². The minimum atomic E-state index is -0.750. The molecule has 0 aliphatic heterocycles. The van der Waals surface area contributed by atoms with Crippen LogP contribution in [0, 0.1) is 0 Å². The van der Waals surface area contributed by atoms with Gasteiger partial charge in [0, 0.05) is 12.1 Å². The lowest BCUT2D eigenvalue weighted by Gasteiger charge is -2.17. The molecule has 0 radical (unpaired) electrons. The molecule has 0 amide bonds. The molecule has 6 heteroatoms. The molecule has 0 spiro atoms. The van der Waals surface area contributed by atoms with E-state index in [0.717, 1.165) is 0 Å². The zero-order valence-electron chi connectivity index (χ0n) is 15.6. The molecule has 1 heterocycles. The quantitative estimate of drug-likeness (QED) is 0.618. The molecule has 6 nitrogen and oxygen atoms in total. The number of benzene rings is 2. The summed E-state index contributed by atoms with van der Waals surface area (Å²) >= 11 is 0. The number of hydrogen-bond acceptors (Lipinski definition) is 6. The van der Waals surface area contributed by atoms with Crippen molar-refractivity contribution in [3.63, 3.8) is 0 Å². The van der Waals surface area contributed by atoms with Crippen LogP contribution in [0.5, 0.6) is 11.5 Å². The number of para-hydroxylation sites is 1. The van der Waals surface area contributed by atoms with Crippen molar-refractivity contribution in [2.75, 3.05) is 0 Å². The van der Waals surface area contributed by atoms with Crippen LogP contribution in [0.2, 0.25) is 0 Å². The Hall–Kier alpha value is -3.15. The smallest absolute Gasteiger partial charge is 0.204 e.